The third-order valence-corrected chi connectivity index (χ3v) is 7.54. The molecule has 2 heterocycles. The zero-order valence-corrected chi connectivity index (χ0v) is 20.8. The molecule has 0 aliphatic carbocycles. The van der Waals surface area contributed by atoms with Gasteiger partial charge in [-0.15, -0.1) is 0 Å². The summed E-state index contributed by atoms with van der Waals surface area (Å²) in [6.45, 7) is 2.57. The van der Waals surface area contributed by atoms with Crippen LogP contribution in [0.1, 0.15) is 53.4 Å². The molecule has 4 nitrogen and oxygen atoms in total. The summed E-state index contributed by atoms with van der Waals surface area (Å²) in [6, 6.07) is 25.9. The van der Waals surface area contributed by atoms with E-state index in [-0.39, 0.29) is 6.09 Å². The van der Waals surface area contributed by atoms with Crippen LogP contribution in [-0.2, 0) is 4.74 Å². The maximum atomic E-state index is 12.5. The summed E-state index contributed by atoms with van der Waals surface area (Å²) in [6.07, 6.45) is 2.65. The zero-order valence-electron chi connectivity index (χ0n) is 18.7. The largest absolute Gasteiger partial charge is 0.449 e. The number of hydrogen-bond acceptors (Lipinski definition) is 3. The second-order valence-corrected chi connectivity index (χ2v) is 9.88. The molecule has 2 unspecified atom stereocenters. The van der Waals surface area contributed by atoms with Crippen LogP contribution in [0.4, 0.5) is 16.2 Å². The molecule has 1 amide bonds. The van der Waals surface area contributed by atoms with Crippen LogP contribution in [0.3, 0.4) is 0 Å². The van der Waals surface area contributed by atoms with Gasteiger partial charge in [0, 0.05) is 40.7 Å². The van der Waals surface area contributed by atoms with Crippen LogP contribution in [0.25, 0.3) is 0 Å². The molecule has 0 bridgehead atoms. The van der Waals surface area contributed by atoms with E-state index < -0.39 is 0 Å². The van der Waals surface area contributed by atoms with E-state index in [1.54, 1.807) is 0 Å². The van der Waals surface area contributed by atoms with Gasteiger partial charge in [0.1, 0.15) is 0 Å². The van der Waals surface area contributed by atoms with Gasteiger partial charge < -0.3 is 9.64 Å². The summed E-state index contributed by atoms with van der Waals surface area (Å²) in [5.41, 5.74) is 7.49. The summed E-state index contributed by atoms with van der Waals surface area (Å²) in [5.74, 6) is 0.644. The van der Waals surface area contributed by atoms with Crippen molar-refractivity contribution in [1.82, 2.24) is 0 Å². The predicted molar refractivity (Wildman–Crippen MR) is 143 cm³/mol. The lowest BCUT2D eigenvalue weighted by atomic mass is 9.76. The number of nitrogens with one attached hydrogen (secondary N) is 1. The number of benzene rings is 3. The van der Waals surface area contributed by atoms with Crippen LogP contribution in [-0.4, -0.2) is 30.2 Å². The molecule has 0 radical (unpaired) electrons. The lowest BCUT2D eigenvalue weighted by molar-refractivity contribution is 0.162. The predicted octanol–water partition coefficient (Wildman–Crippen LogP) is 6.94. The van der Waals surface area contributed by atoms with E-state index in [1.807, 2.05) is 0 Å². The van der Waals surface area contributed by atoms with Crippen molar-refractivity contribution in [2.75, 3.05) is 34.3 Å². The minimum absolute atomic E-state index is 0.322. The van der Waals surface area contributed by atoms with E-state index in [4.69, 9.17) is 4.74 Å². The van der Waals surface area contributed by atoms with E-state index in [0.717, 1.165) is 42.5 Å². The monoisotopic (exact) mass is 552 g/mol. The molecule has 3 aromatic carbocycles. The Morgan fingerprint density at radius 3 is 1.97 bits per heavy atom. The summed E-state index contributed by atoms with van der Waals surface area (Å²) in [5, 5.41) is 3.03. The smallest absolute Gasteiger partial charge is 0.411 e. The maximum absolute atomic E-state index is 12.5. The standard InChI is InChI=1S/C28H29IN2O2/c29-14-7-17-33-28(32)30-22-18-25-23(20-8-3-1-4-9-20)12-15-31-16-13-24(26(19-22)27(25)31)21-10-5-2-6-11-21/h1-6,8-11,18-19,23-24H,7,12-17H2,(H,30,32). The van der Waals surface area contributed by atoms with E-state index >= 15 is 0 Å². The molecular weight excluding hydrogens is 523 g/mol. The van der Waals surface area contributed by atoms with Gasteiger partial charge in [-0.25, -0.2) is 4.79 Å². The van der Waals surface area contributed by atoms with Gasteiger partial charge in [0.25, 0.3) is 0 Å². The van der Waals surface area contributed by atoms with Crippen LogP contribution in [0.2, 0.25) is 0 Å². The summed E-state index contributed by atoms with van der Waals surface area (Å²) in [7, 11) is 0. The first kappa shape index (κ1) is 22.3. The third-order valence-electron chi connectivity index (χ3n) is 6.77. The van der Waals surface area contributed by atoms with Gasteiger partial charge in [-0.2, -0.15) is 0 Å². The van der Waals surface area contributed by atoms with Crippen molar-refractivity contribution in [3.63, 3.8) is 0 Å². The number of amides is 1. The first-order valence-electron chi connectivity index (χ1n) is 11.8. The Hall–Kier alpha value is -2.54. The lowest BCUT2D eigenvalue weighted by Crippen LogP contribution is -2.37. The number of ether oxygens (including phenoxy) is 1. The van der Waals surface area contributed by atoms with Crippen molar-refractivity contribution in [2.24, 2.45) is 0 Å². The van der Waals surface area contributed by atoms with Crippen LogP contribution in [0.5, 0.6) is 0 Å². The SMILES string of the molecule is O=C(Nc1cc2c3c(c1)C(c1ccccc1)CCN3CCC2c1ccccc1)OCCCI. The summed E-state index contributed by atoms with van der Waals surface area (Å²) >= 11 is 2.30. The molecule has 2 atom stereocenters. The van der Waals surface area contributed by atoms with E-state index in [9.17, 15) is 4.79 Å². The molecular formula is C28H29IN2O2. The molecule has 0 saturated carbocycles. The highest BCUT2D eigenvalue weighted by atomic mass is 127. The van der Waals surface area contributed by atoms with Crippen molar-refractivity contribution in [1.29, 1.82) is 0 Å². The summed E-state index contributed by atoms with van der Waals surface area (Å²) < 4.78 is 6.37. The second-order valence-electron chi connectivity index (χ2n) is 8.80. The highest BCUT2D eigenvalue weighted by Crippen LogP contribution is 2.49. The number of rotatable bonds is 6. The van der Waals surface area contributed by atoms with E-state index in [1.165, 1.54) is 27.9 Å². The average Bonchev–Trinajstić information content (AvgIpc) is 2.85. The molecule has 0 spiro atoms. The van der Waals surface area contributed by atoms with Crippen LogP contribution < -0.4 is 10.2 Å². The van der Waals surface area contributed by atoms with Crippen LogP contribution >= 0.6 is 22.6 Å². The molecule has 1 N–H and O–H groups in total. The van der Waals surface area contributed by atoms with Gasteiger partial charge in [-0.05, 0) is 53.6 Å². The van der Waals surface area contributed by atoms with Gasteiger partial charge >= 0.3 is 6.09 Å². The van der Waals surface area contributed by atoms with Gasteiger partial charge in [-0.1, -0.05) is 83.3 Å². The number of carbonyl (C=O) groups is 1. The third kappa shape index (κ3) is 4.74. The maximum Gasteiger partial charge on any atom is 0.411 e. The van der Waals surface area contributed by atoms with Gasteiger partial charge in [-0.3, -0.25) is 5.32 Å². The van der Waals surface area contributed by atoms with Gasteiger partial charge in [0.15, 0.2) is 0 Å². The van der Waals surface area contributed by atoms with Crippen molar-refractivity contribution >= 4 is 40.1 Å². The Labute approximate surface area is 209 Å². The topological polar surface area (TPSA) is 41.6 Å². The fourth-order valence-corrected chi connectivity index (χ4v) is 5.61. The van der Waals surface area contributed by atoms with Gasteiger partial charge in [0.2, 0.25) is 0 Å². The number of halogens is 1. The number of hydrogen-bond donors (Lipinski definition) is 1. The molecule has 2 aliphatic rings. The molecule has 5 heteroatoms. The number of carbonyl (C=O) groups excluding carboxylic acids is 1. The van der Waals surface area contributed by atoms with E-state index in [0.29, 0.717) is 18.4 Å². The van der Waals surface area contributed by atoms with Crippen molar-refractivity contribution in [3.8, 4) is 0 Å². The molecule has 33 heavy (non-hydrogen) atoms. The molecule has 0 aromatic heterocycles. The Morgan fingerprint density at radius 2 is 1.45 bits per heavy atom. The zero-order chi connectivity index (χ0) is 22.6. The quantitative estimate of drug-likeness (QED) is 0.205. The summed E-state index contributed by atoms with van der Waals surface area (Å²) in [4.78, 5) is 15.0. The molecule has 170 valence electrons. The Bertz CT molecular complexity index is 1030. The molecule has 2 aliphatic heterocycles. The Balaban J connectivity index is 1.58. The lowest BCUT2D eigenvalue weighted by Gasteiger charge is -2.43. The number of anilines is 2. The fourth-order valence-electron chi connectivity index (χ4n) is 5.30. The Morgan fingerprint density at radius 1 is 0.909 bits per heavy atom. The van der Waals surface area contributed by atoms with Crippen LogP contribution in [0, 0.1) is 0 Å². The number of nitrogens with zero attached hydrogens (tertiary/aromatic N) is 1. The molecule has 0 saturated heterocycles. The Kier molecular flexibility index (Phi) is 6.85. The molecule has 0 fully saturated rings. The first-order valence-corrected chi connectivity index (χ1v) is 13.3. The van der Waals surface area contributed by atoms with Crippen LogP contribution in [0.15, 0.2) is 72.8 Å². The molecule has 5 rings (SSSR count). The van der Waals surface area contributed by atoms with E-state index in [2.05, 4.69) is 106 Å². The highest BCUT2D eigenvalue weighted by molar-refractivity contribution is 14.1. The average molecular weight is 552 g/mol. The second kappa shape index (κ2) is 10.2. The first-order chi connectivity index (χ1) is 16.2. The minimum Gasteiger partial charge on any atom is -0.449 e. The van der Waals surface area contributed by atoms with Crippen molar-refractivity contribution < 1.29 is 9.53 Å². The number of alkyl halides is 1. The normalized spacial score (nSPS) is 19.0. The minimum atomic E-state index is -0.372. The fraction of sp³-hybridized carbons (Fsp3) is 0.321. The van der Waals surface area contributed by atoms with Crippen molar-refractivity contribution in [2.45, 2.75) is 31.1 Å². The highest BCUT2D eigenvalue weighted by Gasteiger charge is 2.35. The van der Waals surface area contributed by atoms with Crippen molar-refractivity contribution in [3.05, 3.63) is 95.1 Å². The van der Waals surface area contributed by atoms with Gasteiger partial charge in [0.05, 0.1) is 6.61 Å². The molecule has 3 aromatic rings.